The second kappa shape index (κ2) is 8.53. The third-order valence-electron chi connectivity index (χ3n) is 4.17. The Morgan fingerprint density at radius 3 is 2.50 bits per heavy atom. The van der Waals surface area contributed by atoms with Crippen LogP contribution >= 0.6 is 34.5 Å². The quantitative estimate of drug-likeness (QED) is 0.254. The van der Waals surface area contributed by atoms with E-state index in [0.717, 1.165) is 10.6 Å². The van der Waals surface area contributed by atoms with E-state index in [9.17, 15) is 22.4 Å². The van der Waals surface area contributed by atoms with Crippen molar-refractivity contribution in [3.05, 3.63) is 75.1 Å². The molecule has 0 aliphatic carbocycles. The van der Waals surface area contributed by atoms with Gasteiger partial charge in [0.1, 0.15) is 11.5 Å². The van der Waals surface area contributed by atoms with Gasteiger partial charge in [-0.25, -0.2) is 13.9 Å². The first-order chi connectivity index (χ1) is 15.1. The van der Waals surface area contributed by atoms with Crippen molar-refractivity contribution in [2.24, 2.45) is 0 Å². The van der Waals surface area contributed by atoms with Crippen LogP contribution in [0.4, 0.5) is 23.2 Å². The molecule has 0 saturated heterocycles. The van der Waals surface area contributed by atoms with E-state index >= 15 is 0 Å². The lowest BCUT2D eigenvalue weighted by molar-refractivity contribution is -0.138. The number of fused-ring (bicyclic) bond motifs is 1. The Bertz CT molecular complexity index is 1350. The van der Waals surface area contributed by atoms with Crippen molar-refractivity contribution in [2.45, 2.75) is 6.18 Å². The second-order valence-electron chi connectivity index (χ2n) is 6.40. The summed E-state index contributed by atoms with van der Waals surface area (Å²) in [5, 5.41) is 5.64. The van der Waals surface area contributed by atoms with Crippen molar-refractivity contribution < 1.29 is 22.4 Å². The summed E-state index contributed by atoms with van der Waals surface area (Å²) in [6, 6.07) is 9.68. The van der Waals surface area contributed by atoms with Crippen molar-refractivity contribution in [3.63, 3.8) is 0 Å². The minimum absolute atomic E-state index is 0.0306. The van der Waals surface area contributed by atoms with E-state index in [-0.39, 0.29) is 21.4 Å². The molecule has 0 radical (unpaired) electrons. The second-order valence-corrected chi connectivity index (χ2v) is 8.20. The number of alkyl halides is 3. The maximum atomic E-state index is 13.1. The molecule has 4 rings (SSSR count). The van der Waals surface area contributed by atoms with E-state index < -0.39 is 22.9 Å². The molecule has 32 heavy (non-hydrogen) atoms. The number of nitrogens with zero attached hydrogens (tertiary/aromatic N) is 3. The number of anilines is 1. The molecule has 0 aliphatic heterocycles. The first kappa shape index (κ1) is 22.3. The van der Waals surface area contributed by atoms with Crippen molar-refractivity contribution in [2.75, 3.05) is 5.32 Å². The van der Waals surface area contributed by atoms with E-state index in [0.29, 0.717) is 27.6 Å². The molecule has 5 nitrogen and oxygen atoms in total. The van der Waals surface area contributed by atoms with Gasteiger partial charge in [-0.2, -0.15) is 13.2 Å². The SMILES string of the molecule is O=C(C=Cc1c(-c2ccc(Cl)cc2Cl)nc2sc(C(F)(F)F)nn12)Nc1ccc(F)cc1. The molecule has 164 valence electrons. The normalized spacial score (nSPS) is 12.1. The van der Waals surface area contributed by atoms with Crippen molar-refractivity contribution in [1.82, 2.24) is 14.6 Å². The maximum absolute atomic E-state index is 13.1. The topological polar surface area (TPSA) is 59.3 Å². The predicted molar refractivity (Wildman–Crippen MR) is 115 cm³/mol. The van der Waals surface area contributed by atoms with Crippen molar-refractivity contribution >= 4 is 57.2 Å². The smallest absolute Gasteiger partial charge is 0.323 e. The van der Waals surface area contributed by atoms with Crippen LogP contribution in [0.3, 0.4) is 0 Å². The molecule has 12 heteroatoms. The van der Waals surface area contributed by atoms with Crippen LogP contribution in [0.25, 0.3) is 22.3 Å². The van der Waals surface area contributed by atoms with Gasteiger partial charge in [-0.15, -0.1) is 5.10 Å². The largest absolute Gasteiger partial charge is 0.445 e. The molecule has 0 saturated carbocycles. The summed E-state index contributed by atoms with van der Waals surface area (Å²) in [6.07, 6.45) is -2.27. The fourth-order valence-electron chi connectivity index (χ4n) is 2.78. The van der Waals surface area contributed by atoms with Gasteiger partial charge in [-0.1, -0.05) is 34.5 Å². The van der Waals surface area contributed by atoms with Gasteiger partial charge in [0.15, 0.2) is 0 Å². The molecule has 0 spiro atoms. The number of nitrogens with one attached hydrogen (secondary N) is 1. The number of carbonyl (C=O) groups excluding carboxylic acids is 1. The van der Waals surface area contributed by atoms with Crippen LogP contribution in [0.1, 0.15) is 10.7 Å². The maximum Gasteiger partial charge on any atom is 0.445 e. The average molecular weight is 501 g/mol. The number of benzene rings is 2. The predicted octanol–water partition coefficient (Wildman–Crippen LogP) is 6.57. The molecule has 0 fully saturated rings. The Labute approximate surface area is 191 Å². The molecule has 0 aliphatic rings. The molecule has 2 aromatic carbocycles. The number of hydrogen-bond acceptors (Lipinski definition) is 4. The van der Waals surface area contributed by atoms with Gasteiger partial charge in [0.25, 0.3) is 0 Å². The Morgan fingerprint density at radius 1 is 1.12 bits per heavy atom. The summed E-state index contributed by atoms with van der Waals surface area (Å²) in [4.78, 5) is 16.5. The van der Waals surface area contributed by atoms with Gasteiger partial charge in [-0.05, 0) is 48.5 Å². The first-order valence-corrected chi connectivity index (χ1v) is 10.4. The van der Waals surface area contributed by atoms with Crippen molar-refractivity contribution in [3.8, 4) is 11.3 Å². The Morgan fingerprint density at radius 2 is 1.84 bits per heavy atom. The Hall–Kier alpha value is -2.95. The lowest BCUT2D eigenvalue weighted by atomic mass is 10.1. The summed E-state index contributed by atoms with van der Waals surface area (Å²) in [5.74, 6) is -1.06. The van der Waals surface area contributed by atoms with Crippen LogP contribution in [0.2, 0.25) is 10.0 Å². The third-order valence-corrected chi connectivity index (χ3v) is 5.67. The summed E-state index contributed by atoms with van der Waals surface area (Å²) in [7, 11) is 0. The number of hydrogen-bond donors (Lipinski definition) is 1. The number of imidazole rings is 1. The molecule has 1 N–H and O–H groups in total. The number of rotatable bonds is 4. The van der Waals surface area contributed by atoms with E-state index in [2.05, 4.69) is 15.4 Å². The molecular formula is C20H10Cl2F4N4OS. The number of amides is 1. The van der Waals surface area contributed by atoms with Crippen LogP contribution in [0.5, 0.6) is 0 Å². The highest BCUT2D eigenvalue weighted by atomic mass is 35.5. The lowest BCUT2D eigenvalue weighted by Crippen LogP contribution is -2.08. The van der Waals surface area contributed by atoms with E-state index in [1.54, 1.807) is 12.1 Å². The van der Waals surface area contributed by atoms with Gasteiger partial charge in [-0.3, -0.25) is 4.79 Å². The molecule has 2 aromatic heterocycles. The van der Waals surface area contributed by atoms with Gasteiger partial charge in [0.05, 0.1) is 10.7 Å². The minimum atomic E-state index is -4.65. The van der Waals surface area contributed by atoms with Gasteiger partial charge in [0.2, 0.25) is 15.9 Å². The number of aromatic nitrogens is 3. The van der Waals surface area contributed by atoms with Crippen molar-refractivity contribution in [1.29, 1.82) is 0 Å². The summed E-state index contributed by atoms with van der Waals surface area (Å²) in [6.45, 7) is 0. The summed E-state index contributed by atoms with van der Waals surface area (Å²) in [5.41, 5.74) is 1.09. The highest BCUT2D eigenvalue weighted by Crippen LogP contribution is 2.37. The van der Waals surface area contributed by atoms with Gasteiger partial charge < -0.3 is 5.32 Å². The van der Waals surface area contributed by atoms with E-state index in [1.165, 1.54) is 36.4 Å². The van der Waals surface area contributed by atoms with Crippen LogP contribution in [0.15, 0.2) is 48.5 Å². The zero-order valence-electron chi connectivity index (χ0n) is 15.6. The molecule has 0 bridgehead atoms. The number of halogens is 6. The monoisotopic (exact) mass is 500 g/mol. The molecule has 0 unspecified atom stereocenters. The van der Waals surface area contributed by atoms with Crippen LogP contribution < -0.4 is 5.32 Å². The minimum Gasteiger partial charge on any atom is -0.323 e. The highest BCUT2D eigenvalue weighted by Gasteiger charge is 2.36. The third kappa shape index (κ3) is 4.62. The zero-order valence-corrected chi connectivity index (χ0v) is 18.0. The van der Waals surface area contributed by atoms with Crippen LogP contribution in [-0.4, -0.2) is 20.5 Å². The van der Waals surface area contributed by atoms with E-state index in [4.69, 9.17) is 23.2 Å². The average Bonchev–Trinajstić information content (AvgIpc) is 3.27. The fourth-order valence-corrected chi connectivity index (χ4v) is 4.05. The molecule has 1 amide bonds. The molecule has 0 atom stereocenters. The molecule has 2 heterocycles. The van der Waals surface area contributed by atoms with E-state index in [1.807, 2.05) is 0 Å². The molecular weight excluding hydrogens is 491 g/mol. The summed E-state index contributed by atoms with van der Waals surface area (Å²) < 4.78 is 53.4. The van der Waals surface area contributed by atoms with Crippen LogP contribution in [0, 0.1) is 5.82 Å². The summed E-state index contributed by atoms with van der Waals surface area (Å²) >= 11 is 12.5. The number of carbonyl (C=O) groups is 1. The highest BCUT2D eigenvalue weighted by molar-refractivity contribution is 7.16. The fraction of sp³-hybridized carbons (Fsp3) is 0.0500. The van der Waals surface area contributed by atoms with Gasteiger partial charge >= 0.3 is 6.18 Å². The Balaban J connectivity index is 1.75. The standard InChI is InChI=1S/C20H10Cl2F4N4OS/c21-10-1-6-13(14(22)9-10)17-15(30-19(28-17)32-18(29-30)20(24,25)26)7-8-16(31)27-12-4-2-11(23)3-5-12/h1-9H,(H,27,31). The molecule has 4 aromatic rings. The Kier molecular flexibility index (Phi) is 5.93. The first-order valence-electron chi connectivity index (χ1n) is 8.78. The van der Waals surface area contributed by atoms with Crippen LogP contribution in [-0.2, 0) is 11.0 Å². The zero-order chi connectivity index (χ0) is 23.0. The lowest BCUT2D eigenvalue weighted by Gasteiger charge is -2.05. The van der Waals surface area contributed by atoms with Gasteiger partial charge in [0, 0.05) is 22.3 Å².